The molecule has 0 radical (unpaired) electrons. The molecule has 1 fully saturated rings. The van der Waals surface area contributed by atoms with Gasteiger partial charge < -0.3 is 5.32 Å². The van der Waals surface area contributed by atoms with Gasteiger partial charge in [0.15, 0.2) is 5.13 Å². The molecule has 138 valence electrons. The molecule has 2 aromatic rings. The number of rotatable bonds is 6. The Kier molecular flexibility index (Phi) is 5.88. The first-order valence-electron chi connectivity index (χ1n) is 8.64. The minimum absolute atomic E-state index is 0.377. The standard InChI is InChI=1S/C17H24ClN3O2S2/c1-11(2)25(22,23)19-10-12-3-6-14(7-4-12)20-17-21-15-8-5-13(18)9-16(15)24-17/h5,8-9,11-12,14,19H,3-4,6-7,10H2,1-2H3,(H,20,21). The normalized spacial score (nSPS) is 21.8. The predicted octanol–water partition coefficient (Wildman–Crippen LogP) is 4.25. The van der Waals surface area contributed by atoms with Crippen molar-refractivity contribution < 1.29 is 8.42 Å². The van der Waals surface area contributed by atoms with E-state index in [9.17, 15) is 8.42 Å². The summed E-state index contributed by atoms with van der Waals surface area (Å²) in [5, 5.41) is 4.81. The monoisotopic (exact) mass is 401 g/mol. The summed E-state index contributed by atoms with van der Waals surface area (Å²) in [6.07, 6.45) is 4.11. The van der Waals surface area contributed by atoms with Crippen molar-refractivity contribution in [2.24, 2.45) is 5.92 Å². The van der Waals surface area contributed by atoms with Crippen molar-refractivity contribution in [3.63, 3.8) is 0 Å². The Bertz CT molecular complexity index is 828. The molecule has 2 N–H and O–H groups in total. The zero-order valence-electron chi connectivity index (χ0n) is 14.5. The van der Waals surface area contributed by atoms with Gasteiger partial charge >= 0.3 is 0 Å². The maximum absolute atomic E-state index is 11.8. The topological polar surface area (TPSA) is 71.1 Å². The van der Waals surface area contributed by atoms with E-state index in [1.54, 1.807) is 25.2 Å². The van der Waals surface area contributed by atoms with Crippen molar-refractivity contribution in [1.29, 1.82) is 0 Å². The Balaban J connectivity index is 1.50. The van der Waals surface area contributed by atoms with E-state index in [0.717, 1.165) is 46.1 Å². The van der Waals surface area contributed by atoms with Gasteiger partial charge in [0, 0.05) is 17.6 Å². The van der Waals surface area contributed by atoms with Crippen molar-refractivity contribution in [2.45, 2.75) is 50.8 Å². The fourth-order valence-electron chi connectivity index (χ4n) is 3.05. The Hall–Kier alpha value is -0.890. The van der Waals surface area contributed by atoms with Crippen molar-refractivity contribution in [2.75, 3.05) is 11.9 Å². The number of hydrogen-bond acceptors (Lipinski definition) is 5. The lowest BCUT2D eigenvalue weighted by atomic mass is 9.86. The fourth-order valence-corrected chi connectivity index (χ4v) is 5.07. The van der Waals surface area contributed by atoms with Crippen LogP contribution in [-0.2, 0) is 10.0 Å². The van der Waals surface area contributed by atoms with Gasteiger partial charge in [-0.05, 0) is 63.6 Å². The van der Waals surface area contributed by atoms with Crippen LogP contribution in [0.4, 0.5) is 5.13 Å². The van der Waals surface area contributed by atoms with Gasteiger partial charge in [-0.25, -0.2) is 18.1 Å². The van der Waals surface area contributed by atoms with Gasteiger partial charge in [-0.3, -0.25) is 0 Å². The Morgan fingerprint density at radius 1 is 1.28 bits per heavy atom. The molecule has 0 spiro atoms. The number of anilines is 1. The molecule has 0 amide bonds. The van der Waals surface area contributed by atoms with Crippen molar-refractivity contribution in [1.82, 2.24) is 9.71 Å². The van der Waals surface area contributed by atoms with Gasteiger partial charge in [0.05, 0.1) is 15.5 Å². The quantitative estimate of drug-likeness (QED) is 0.759. The predicted molar refractivity (Wildman–Crippen MR) is 106 cm³/mol. The van der Waals surface area contributed by atoms with Crippen LogP contribution in [0.1, 0.15) is 39.5 Å². The molecule has 8 heteroatoms. The highest BCUT2D eigenvalue weighted by atomic mass is 35.5. The van der Waals surface area contributed by atoms with E-state index in [1.807, 2.05) is 18.2 Å². The summed E-state index contributed by atoms with van der Waals surface area (Å²) in [7, 11) is -3.16. The van der Waals surface area contributed by atoms with Gasteiger partial charge in [0.25, 0.3) is 0 Å². The van der Waals surface area contributed by atoms with Gasteiger partial charge in [0.1, 0.15) is 0 Å². The summed E-state index contributed by atoms with van der Waals surface area (Å²) >= 11 is 7.65. The number of thiazole rings is 1. The third-order valence-electron chi connectivity index (χ3n) is 4.72. The van der Waals surface area contributed by atoms with Crippen LogP contribution >= 0.6 is 22.9 Å². The maximum atomic E-state index is 11.8. The van der Waals surface area contributed by atoms with E-state index >= 15 is 0 Å². The van der Waals surface area contributed by atoms with Crippen molar-refractivity contribution in [3.05, 3.63) is 23.2 Å². The largest absolute Gasteiger partial charge is 0.359 e. The lowest BCUT2D eigenvalue weighted by Gasteiger charge is -2.29. The van der Waals surface area contributed by atoms with E-state index in [0.29, 0.717) is 18.5 Å². The van der Waals surface area contributed by atoms with E-state index in [2.05, 4.69) is 15.0 Å². The second-order valence-corrected chi connectivity index (χ2v) is 10.7. The Morgan fingerprint density at radius 2 is 2.00 bits per heavy atom. The molecule has 0 atom stereocenters. The molecule has 1 saturated carbocycles. The van der Waals surface area contributed by atoms with Gasteiger partial charge in [0.2, 0.25) is 10.0 Å². The molecule has 3 rings (SSSR count). The van der Waals surface area contributed by atoms with Crippen LogP contribution in [0.15, 0.2) is 18.2 Å². The number of fused-ring (bicyclic) bond motifs is 1. The zero-order chi connectivity index (χ0) is 18.0. The van der Waals surface area contributed by atoms with Crippen LogP contribution in [0.25, 0.3) is 10.2 Å². The third-order valence-corrected chi connectivity index (χ3v) is 7.71. The van der Waals surface area contributed by atoms with Crippen molar-refractivity contribution >= 4 is 48.3 Å². The SMILES string of the molecule is CC(C)S(=O)(=O)NCC1CCC(Nc2nc3ccc(Cl)cc3s2)CC1. The van der Waals surface area contributed by atoms with E-state index in [1.165, 1.54) is 0 Å². The number of hydrogen-bond donors (Lipinski definition) is 2. The van der Waals surface area contributed by atoms with Gasteiger partial charge in [-0.1, -0.05) is 22.9 Å². The number of nitrogens with one attached hydrogen (secondary N) is 2. The van der Waals surface area contributed by atoms with Crippen LogP contribution in [0.2, 0.25) is 5.02 Å². The Labute approximate surface area is 158 Å². The number of aromatic nitrogens is 1. The Morgan fingerprint density at radius 3 is 2.68 bits per heavy atom. The summed E-state index contributed by atoms with van der Waals surface area (Å²) < 4.78 is 27.5. The highest BCUT2D eigenvalue weighted by Gasteiger charge is 2.24. The van der Waals surface area contributed by atoms with E-state index in [-0.39, 0.29) is 5.25 Å². The summed E-state index contributed by atoms with van der Waals surface area (Å²) in [5.74, 6) is 0.417. The van der Waals surface area contributed by atoms with Crippen LogP contribution in [0.3, 0.4) is 0 Å². The molecular weight excluding hydrogens is 378 g/mol. The molecule has 1 aliphatic rings. The number of benzene rings is 1. The average molecular weight is 402 g/mol. The summed E-state index contributed by atoms with van der Waals surface area (Å²) in [6.45, 7) is 3.95. The van der Waals surface area contributed by atoms with E-state index < -0.39 is 10.0 Å². The highest BCUT2D eigenvalue weighted by molar-refractivity contribution is 7.90. The zero-order valence-corrected chi connectivity index (χ0v) is 16.8. The molecule has 0 saturated heterocycles. The number of halogens is 1. The maximum Gasteiger partial charge on any atom is 0.213 e. The fraction of sp³-hybridized carbons (Fsp3) is 0.588. The molecule has 1 aromatic carbocycles. The third kappa shape index (κ3) is 4.84. The lowest BCUT2D eigenvalue weighted by molar-refractivity contribution is 0.337. The minimum atomic E-state index is -3.16. The molecule has 5 nitrogen and oxygen atoms in total. The van der Waals surface area contributed by atoms with Crippen LogP contribution < -0.4 is 10.0 Å². The summed E-state index contributed by atoms with van der Waals surface area (Å²) in [5.41, 5.74) is 0.966. The van der Waals surface area contributed by atoms with E-state index in [4.69, 9.17) is 11.6 Å². The van der Waals surface area contributed by atoms with Crippen molar-refractivity contribution in [3.8, 4) is 0 Å². The first-order chi connectivity index (χ1) is 11.8. The molecule has 0 aliphatic heterocycles. The molecule has 1 aromatic heterocycles. The minimum Gasteiger partial charge on any atom is -0.359 e. The van der Waals surface area contributed by atoms with Crippen LogP contribution in [-0.4, -0.2) is 31.2 Å². The highest BCUT2D eigenvalue weighted by Crippen LogP contribution is 2.31. The first-order valence-corrected chi connectivity index (χ1v) is 11.4. The van der Waals surface area contributed by atoms with Gasteiger partial charge in [-0.2, -0.15) is 0 Å². The second kappa shape index (κ2) is 7.78. The average Bonchev–Trinajstić information content (AvgIpc) is 2.95. The number of sulfonamides is 1. The second-order valence-electron chi connectivity index (χ2n) is 6.94. The summed E-state index contributed by atoms with van der Waals surface area (Å²) in [4.78, 5) is 4.61. The summed E-state index contributed by atoms with van der Waals surface area (Å²) in [6, 6.07) is 6.14. The smallest absolute Gasteiger partial charge is 0.213 e. The molecule has 0 unspecified atom stereocenters. The number of nitrogens with zero attached hydrogens (tertiary/aromatic N) is 1. The first kappa shape index (κ1) is 18.9. The molecule has 1 heterocycles. The van der Waals surface area contributed by atoms with Crippen LogP contribution in [0.5, 0.6) is 0 Å². The van der Waals surface area contributed by atoms with Gasteiger partial charge in [-0.15, -0.1) is 0 Å². The van der Waals surface area contributed by atoms with Crippen LogP contribution in [0, 0.1) is 5.92 Å². The molecule has 0 bridgehead atoms. The molecule has 1 aliphatic carbocycles. The lowest BCUT2D eigenvalue weighted by Crippen LogP contribution is -2.37. The molecule has 25 heavy (non-hydrogen) atoms. The molecular formula is C17H24ClN3O2S2.